The zero-order valence-corrected chi connectivity index (χ0v) is 18.1. The lowest BCUT2D eigenvalue weighted by atomic mass is 10.1. The number of fused-ring (bicyclic) bond motifs is 1. The molecule has 152 valence electrons. The molecule has 4 rings (SSSR count). The van der Waals surface area contributed by atoms with Gasteiger partial charge in [-0.25, -0.2) is 14.1 Å². The number of benzene rings is 2. The van der Waals surface area contributed by atoms with Gasteiger partial charge < -0.3 is 15.0 Å². The lowest BCUT2D eigenvalue weighted by Gasteiger charge is -2.18. The number of H-pyrrole nitrogens is 1. The number of rotatable bonds is 4. The maximum Gasteiger partial charge on any atom is 0.336 e. The first-order chi connectivity index (χ1) is 14.4. The number of nitrogens with one attached hydrogen (secondary N) is 2. The topological polar surface area (TPSA) is 70.2 Å². The molecule has 0 unspecified atom stereocenters. The fraction of sp³-hybridized carbons (Fsp3) is 0.0476. The predicted molar refractivity (Wildman–Crippen MR) is 125 cm³/mol. The van der Waals surface area contributed by atoms with E-state index in [9.17, 15) is 4.79 Å². The molecule has 0 aliphatic rings. The van der Waals surface area contributed by atoms with Gasteiger partial charge >= 0.3 is 6.03 Å². The first-order valence-corrected chi connectivity index (χ1v) is 9.98. The van der Waals surface area contributed by atoms with Crippen molar-refractivity contribution in [2.45, 2.75) is 0 Å². The number of aromatic amines is 1. The highest BCUT2D eigenvalue weighted by Gasteiger charge is 2.17. The summed E-state index contributed by atoms with van der Waals surface area (Å²) in [4.78, 5) is 20.4. The highest BCUT2D eigenvalue weighted by Crippen LogP contribution is 2.33. The van der Waals surface area contributed by atoms with E-state index >= 15 is 0 Å². The van der Waals surface area contributed by atoms with Crippen LogP contribution in [0.15, 0.2) is 60.8 Å². The fourth-order valence-electron chi connectivity index (χ4n) is 3.03. The minimum atomic E-state index is -0.495. The Morgan fingerprint density at radius 2 is 1.90 bits per heavy atom. The molecule has 2 aromatic heterocycles. The molecule has 2 heterocycles. The van der Waals surface area contributed by atoms with Gasteiger partial charge in [0.1, 0.15) is 11.4 Å². The van der Waals surface area contributed by atoms with E-state index < -0.39 is 6.03 Å². The Labute approximate surface area is 188 Å². The van der Waals surface area contributed by atoms with Crippen LogP contribution in [0.2, 0.25) is 10.0 Å². The number of nitrogens with zero attached hydrogens (tertiary/aromatic N) is 2. The summed E-state index contributed by atoms with van der Waals surface area (Å²) in [6.45, 7) is 0. The van der Waals surface area contributed by atoms with E-state index in [1.165, 1.54) is 7.11 Å². The Hall–Kier alpha value is -2.87. The lowest BCUT2D eigenvalue weighted by Crippen LogP contribution is -2.27. The largest absolute Gasteiger partial charge is 0.495 e. The van der Waals surface area contributed by atoms with Gasteiger partial charge in [-0.1, -0.05) is 36.0 Å². The van der Waals surface area contributed by atoms with E-state index in [1.807, 2.05) is 30.3 Å². The summed E-state index contributed by atoms with van der Waals surface area (Å²) in [5.74, 6) is 0.507. The number of carbonyl (C=O) groups excluding carboxylic acids is 1. The molecule has 9 heteroatoms. The van der Waals surface area contributed by atoms with Crippen LogP contribution in [0.1, 0.15) is 0 Å². The zero-order valence-electron chi connectivity index (χ0n) is 15.7. The van der Waals surface area contributed by atoms with Crippen LogP contribution < -0.4 is 14.4 Å². The van der Waals surface area contributed by atoms with Gasteiger partial charge in [0.2, 0.25) is 0 Å². The van der Waals surface area contributed by atoms with Crippen molar-refractivity contribution in [1.29, 1.82) is 0 Å². The molecule has 0 bridgehead atoms. The van der Waals surface area contributed by atoms with E-state index in [0.29, 0.717) is 27.2 Å². The van der Waals surface area contributed by atoms with Crippen molar-refractivity contribution < 1.29 is 9.53 Å². The number of hydrogen-bond acceptors (Lipinski definition) is 4. The molecule has 2 aromatic carbocycles. The number of urea groups is 1. The minimum absolute atomic E-state index is 0.399. The molecular weight excluding hydrogens is 443 g/mol. The standard InChI is InChI=1S/C21H16Cl2N4O2S/c1-29-19-5-4-12(17-8-13-3-2-6-24-20(13)25-17)7-18(19)26-21(28)27(30)16-10-14(22)9-15(23)11-16/h2-11,30H,1H3,(H,24,25)(H,26,28). The number of aromatic nitrogens is 2. The molecule has 2 N–H and O–H groups in total. The molecule has 0 spiro atoms. The maximum atomic E-state index is 12.8. The highest BCUT2D eigenvalue weighted by molar-refractivity contribution is 7.82. The fourth-order valence-corrected chi connectivity index (χ4v) is 3.71. The van der Waals surface area contributed by atoms with Gasteiger partial charge in [0.05, 0.1) is 18.5 Å². The minimum Gasteiger partial charge on any atom is -0.495 e. The number of methoxy groups -OCH3 is 1. The second kappa shape index (κ2) is 8.47. The summed E-state index contributed by atoms with van der Waals surface area (Å²) in [6, 6.07) is 15.6. The highest BCUT2D eigenvalue weighted by atomic mass is 35.5. The first-order valence-electron chi connectivity index (χ1n) is 8.83. The molecule has 0 saturated carbocycles. The van der Waals surface area contributed by atoms with E-state index in [-0.39, 0.29) is 0 Å². The molecule has 0 saturated heterocycles. The average molecular weight is 459 g/mol. The molecular formula is C21H16Cl2N4O2S. The predicted octanol–water partition coefficient (Wildman–Crippen LogP) is 6.43. The molecule has 6 nitrogen and oxygen atoms in total. The number of hydrogen-bond donors (Lipinski definition) is 3. The van der Waals surface area contributed by atoms with Crippen molar-refractivity contribution in [1.82, 2.24) is 9.97 Å². The van der Waals surface area contributed by atoms with Gasteiger partial charge in [-0.15, -0.1) is 0 Å². The van der Waals surface area contributed by atoms with Crippen LogP contribution in [0.25, 0.3) is 22.3 Å². The molecule has 0 atom stereocenters. The normalized spacial score (nSPS) is 10.8. The summed E-state index contributed by atoms with van der Waals surface area (Å²) < 4.78 is 6.52. The van der Waals surface area contributed by atoms with Crippen molar-refractivity contribution in [3.05, 3.63) is 70.8 Å². The van der Waals surface area contributed by atoms with Gasteiger partial charge in [-0.2, -0.15) is 0 Å². The SMILES string of the molecule is COc1ccc(-c2cc3cccnc3[nH]2)cc1NC(=O)N(S)c1cc(Cl)cc(Cl)c1. The summed E-state index contributed by atoms with van der Waals surface area (Å²) in [5, 5.41) is 4.61. The second-order valence-corrected chi connectivity index (χ2v) is 7.68. The maximum absolute atomic E-state index is 12.8. The number of anilines is 2. The molecule has 0 aliphatic heterocycles. The van der Waals surface area contributed by atoms with Crippen LogP contribution in [-0.4, -0.2) is 23.1 Å². The van der Waals surface area contributed by atoms with Gasteiger partial charge in [0.25, 0.3) is 0 Å². The van der Waals surface area contributed by atoms with Crippen molar-refractivity contribution in [2.75, 3.05) is 16.7 Å². The van der Waals surface area contributed by atoms with Crippen molar-refractivity contribution in [3.8, 4) is 17.0 Å². The monoisotopic (exact) mass is 458 g/mol. The van der Waals surface area contributed by atoms with Crippen LogP contribution in [0, 0.1) is 0 Å². The van der Waals surface area contributed by atoms with Gasteiger partial charge in [-0.05, 0) is 54.6 Å². The third kappa shape index (κ3) is 4.18. The number of pyridine rings is 1. The Morgan fingerprint density at radius 3 is 2.60 bits per heavy atom. The summed E-state index contributed by atoms with van der Waals surface area (Å²) in [5.41, 5.74) is 3.43. The molecule has 0 radical (unpaired) electrons. The second-order valence-electron chi connectivity index (χ2n) is 6.41. The number of halogens is 2. The van der Waals surface area contributed by atoms with E-state index in [4.69, 9.17) is 27.9 Å². The van der Waals surface area contributed by atoms with Crippen molar-refractivity contribution in [2.24, 2.45) is 0 Å². The lowest BCUT2D eigenvalue weighted by molar-refractivity contribution is 0.260. The number of ether oxygens (including phenoxy) is 1. The van der Waals surface area contributed by atoms with Crippen molar-refractivity contribution >= 4 is 64.5 Å². The zero-order chi connectivity index (χ0) is 21.3. The Bertz CT molecular complexity index is 1190. The van der Waals surface area contributed by atoms with Crippen LogP contribution in [0.5, 0.6) is 5.75 Å². The number of amides is 2. The molecule has 30 heavy (non-hydrogen) atoms. The molecule has 0 aliphatic carbocycles. The van der Waals surface area contributed by atoms with Gasteiger partial charge in [0, 0.05) is 32.9 Å². The molecule has 2 amide bonds. The van der Waals surface area contributed by atoms with Gasteiger partial charge in [-0.3, -0.25) is 0 Å². The quantitative estimate of drug-likeness (QED) is 0.308. The van der Waals surface area contributed by atoms with Gasteiger partial charge in [0.15, 0.2) is 0 Å². The Kier molecular flexibility index (Phi) is 5.76. The average Bonchev–Trinajstić information content (AvgIpc) is 3.16. The number of thiol groups is 1. The van der Waals surface area contributed by atoms with Crippen molar-refractivity contribution in [3.63, 3.8) is 0 Å². The molecule has 0 fully saturated rings. The first kappa shape index (κ1) is 20.4. The third-order valence-electron chi connectivity index (χ3n) is 4.43. The summed E-state index contributed by atoms with van der Waals surface area (Å²) in [6.07, 6.45) is 1.73. The summed E-state index contributed by atoms with van der Waals surface area (Å²) in [7, 11) is 1.53. The van der Waals surface area contributed by atoms with E-state index in [0.717, 1.165) is 26.6 Å². The van der Waals surface area contributed by atoms with E-state index in [1.54, 1.807) is 30.5 Å². The Morgan fingerprint density at radius 1 is 1.13 bits per heavy atom. The Balaban J connectivity index is 1.64. The van der Waals surface area contributed by atoms with Crippen LogP contribution in [0.3, 0.4) is 0 Å². The van der Waals surface area contributed by atoms with Crippen LogP contribution >= 0.6 is 36.0 Å². The van der Waals surface area contributed by atoms with Crippen LogP contribution in [-0.2, 0) is 0 Å². The smallest absolute Gasteiger partial charge is 0.336 e. The van der Waals surface area contributed by atoms with E-state index in [2.05, 4.69) is 28.1 Å². The third-order valence-corrected chi connectivity index (χ3v) is 5.28. The summed E-state index contributed by atoms with van der Waals surface area (Å²) >= 11 is 16.3. The number of carbonyl (C=O) groups is 1. The molecule has 4 aromatic rings. The van der Waals surface area contributed by atoms with Crippen LogP contribution in [0.4, 0.5) is 16.2 Å².